The van der Waals surface area contributed by atoms with Gasteiger partial charge in [-0.1, -0.05) is 36.4 Å². The normalized spacial score (nSPS) is 10.6. The first kappa shape index (κ1) is 25.4. The molecular weight excluding hydrogens is 479 g/mol. The second-order valence-electron chi connectivity index (χ2n) is 8.21. The topological polar surface area (TPSA) is 102 Å². The van der Waals surface area contributed by atoms with Gasteiger partial charge in [-0.2, -0.15) is 0 Å². The van der Waals surface area contributed by atoms with Gasteiger partial charge in [0.05, 0.1) is 12.3 Å². The van der Waals surface area contributed by atoms with Crippen LogP contribution in [-0.2, 0) is 17.8 Å². The molecule has 0 spiro atoms. The van der Waals surface area contributed by atoms with Crippen LogP contribution in [-0.4, -0.2) is 40.2 Å². The molecule has 0 aliphatic carbocycles. The van der Waals surface area contributed by atoms with Gasteiger partial charge < -0.3 is 19.0 Å². The zero-order chi connectivity index (χ0) is 26.2. The van der Waals surface area contributed by atoms with Gasteiger partial charge >= 0.3 is 12.1 Å². The van der Waals surface area contributed by atoms with Crippen molar-refractivity contribution in [3.05, 3.63) is 102 Å². The van der Waals surface area contributed by atoms with Gasteiger partial charge in [0.25, 0.3) is 0 Å². The molecule has 1 amide bonds. The first-order chi connectivity index (χ1) is 17.9. The fourth-order valence-corrected chi connectivity index (χ4v) is 3.59. The number of aromatic nitrogens is 1. The highest BCUT2D eigenvalue weighted by Crippen LogP contribution is 2.22. The first-order valence-electron chi connectivity index (χ1n) is 11.5. The summed E-state index contributed by atoms with van der Waals surface area (Å²) >= 11 is 0. The van der Waals surface area contributed by atoms with Crippen molar-refractivity contribution >= 4 is 12.1 Å². The minimum atomic E-state index is -1.20. The Morgan fingerprint density at radius 3 is 2.46 bits per heavy atom. The summed E-state index contributed by atoms with van der Waals surface area (Å²) in [4.78, 5) is 29.4. The van der Waals surface area contributed by atoms with E-state index >= 15 is 0 Å². The highest BCUT2D eigenvalue weighted by molar-refractivity contribution is 5.78. The van der Waals surface area contributed by atoms with Crippen molar-refractivity contribution in [3.63, 3.8) is 0 Å². The third-order valence-corrected chi connectivity index (χ3v) is 5.40. The fraction of sp³-hybridized carbons (Fsp3) is 0.179. The molecule has 4 rings (SSSR count). The number of rotatable bonds is 10. The van der Waals surface area contributed by atoms with Gasteiger partial charge in [-0.05, 0) is 48.9 Å². The third kappa shape index (κ3) is 7.17. The summed E-state index contributed by atoms with van der Waals surface area (Å²) in [5.74, 6) is 0.138. The van der Waals surface area contributed by atoms with Crippen molar-refractivity contribution in [1.82, 2.24) is 9.88 Å². The number of carbonyl (C=O) groups excluding carboxylic acids is 1. The standard InChI is InChI=1S/C28H25FN2O6/c1-19-25(30-27(36-19)21-6-3-2-4-7-21)14-15-35-23-12-10-20(11-13-23)17-31(18-26(32)33)28(34)37-24-9-5-8-22(29)16-24/h2-13,16H,14-15,17-18H2,1H3,(H,32,33). The number of hydrogen-bond acceptors (Lipinski definition) is 6. The van der Waals surface area contributed by atoms with Crippen molar-refractivity contribution in [3.8, 4) is 23.0 Å². The largest absolute Gasteiger partial charge is 0.493 e. The number of amides is 1. The maximum Gasteiger partial charge on any atom is 0.416 e. The summed E-state index contributed by atoms with van der Waals surface area (Å²) < 4.78 is 30.1. The van der Waals surface area contributed by atoms with E-state index in [0.29, 0.717) is 30.2 Å². The Bertz CT molecular complexity index is 1350. The summed E-state index contributed by atoms with van der Waals surface area (Å²) in [5.41, 5.74) is 2.39. The van der Waals surface area contributed by atoms with E-state index in [2.05, 4.69) is 4.98 Å². The van der Waals surface area contributed by atoms with Gasteiger partial charge in [-0.3, -0.25) is 9.69 Å². The van der Waals surface area contributed by atoms with Gasteiger partial charge in [0, 0.05) is 24.6 Å². The van der Waals surface area contributed by atoms with E-state index < -0.39 is 24.4 Å². The molecule has 0 unspecified atom stereocenters. The van der Waals surface area contributed by atoms with E-state index in [4.69, 9.17) is 13.9 Å². The van der Waals surface area contributed by atoms with E-state index in [0.717, 1.165) is 28.0 Å². The number of carboxylic acids is 1. The molecule has 9 heteroatoms. The number of ether oxygens (including phenoxy) is 2. The van der Waals surface area contributed by atoms with E-state index in [1.54, 1.807) is 24.3 Å². The lowest BCUT2D eigenvalue weighted by molar-refractivity contribution is -0.138. The minimum absolute atomic E-state index is 0.0117. The summed E-state index contributed by atoms with van der Waals surface area (Å²) in [5, 5.41) is 9.20. The number of aliphatic carboxylic acids is 1. The molecule has 0 saturated heterocycles. The number of aryl methyl sites for hydroxylation is 1. The maximum atomic E-state index is 13.4. The molecule has 1 heterocycles. The molecule has 4 aromatic rings. The van der Waals surface area contributed by atoms with Crippen LogP contribution >= 0.6 is 0 Å². The SMILES string of the molecule is Cc1oc(-c2ccccc2)nc1CCOc1ccc(CN(CC(=O)O)C(=O)Oc2cccc(F)c2)cc1. The van der Waals surface area contributed by atoms with Gasteiger partial charge in [0.2, 0.25) is 5.89 Å². The second-order valence-corrected chi connectivity index (χ2v) is 8.21. The summed E-state index contributed by atoms with van der Waals surface area (Å²) in [7, 11) is 0. The molecule has 37 heavy (non-hydrogen) atoms. The van der Waals surface area contributed by atoms with Crippen LogP contribution in [0.4, 0.5) is 9.18 Å². The van der Waals surface area contributed by atoms with Crippen molar-refractivity contribution in [2.45, 2.75) is 19.9 Å². The number of halogens is 1. The Morgan fingerprint density at radius 1 is 1.00 bits per heavy atom. The molecule has 1 aromatic heterocycles. The summed E-state index contributed by atoms with van der Waals surface area (Å²) in [6.45, 7) is 1.66. The Kier molecular flexibility index (Phi) is 8.15. The number of nitrogens with zero attached hydrogens (tertiary/aromatic N) is 2. The number of carboxylic acid groups (broad SMARTS) is 1. The van der Waals surface area contributed by atoms with Crippen LogP contribution < -0.4 is 9.47 Å². The van der Waals surface area contributed by atoms with Crippen LogP contribution in [0.1, 0.15) is 17.0 Å². The van der Waals surface area contributed by atoms with Crippen LogP contribution in [0.3, 0.4) is 0 Å². The van der Waals surface area contributed by atoms with Gasteiger partial charge in [-0.25, -0.2) is 14.2 Å². The molecule has 0 aliphatic heterocycles. The zero-order valence-corrected chi connectivity index (χ0v) is 20.1. The average molecular weight is 505 g/mol. The molecule has 0 aliphatic rings. The molecule has 8 nitrogen and oxygen atoms in total. The molecule has 190 valence electrons. The Morgan fingerprint density at radius 2 is 1.76 bits per heavy atom. The van der Waals surface area contributed by atoms with Crippen molar-refractivity contribution < 1.29 is 33.0 Å². The van der Waals surface area contributed by atoms with E-state index in [-0.39, 0.29) is 12.3 Å². The molecule has 3 aromatic carbocycles. The molecule has 0 fully saturated rings. The quantitative estimate of drug-likeness (QED) is 0.304. The monoisotopic (exact) mass is 504 g/mol. The average Bonchev–Trinajstić information content (AvgIpc) is 3.25. The van der Waals surface area contributed by atoms with Crippen LogP contribution in [0.2, 0.25) is 0 Å². The molecule has 0 saturated carbocycles. The lowest BCUT2D eigenvalue weighted by atomic mass is 10.2. The van der Waals surface area contributed by atoms with Crippen LogP contribution in [0, 0.1) is 12.7 Å². The van der Waals surface area contributed by atoms with Crippen LogP contribution in [0.15, 0.2) is 83.3 Å². The van der Waals surface area contributed by atoms with Crippen LogP contribution in [0.5, 0.6) is 11.5 Å². The van der Waals surface area contributed by atoms with Crippen molar-refractivity contribution in [2.24, 2.45) is 0 Å². The highest BCUT2D eigenvalue weighted by atomic mass is 19.1. The van der Waals surface area contributed by atoms with Crippen LogP contribution in [0.25, 0.3) is 11.5 Å². The molecule has 0 radical (unpaired) electrons. The van der Waals surface area contributed by atoms with E-state index in [9.17, 15) is 19.1 Å². The summed E-state index contributed by atoms with van der Waals surface area (Å²) in [6, 6.07) is 21.7. The number of benzene rings is 3. The lowest BCUT2D eigenvalue weighted by Crippen LogP contribution is -2.37. The van der Waals surface area contributed by atoms with E-state index in [1.807, 2.05) is 37.3 Å². The maximum absolute atomic E-state index is 13.4. The lowest BCUT2D eigenvalue weighted by Gasteiger charge is -2.20. The second kappa shape index (κ2) is 11.9. The number of oxazole rings is 1. The van der Waals surface area contributed by atoms with E-state index in [1.165, 1.54) is 18.2 Å². The van der Waals surface area contributed by atoms with Gasteiger partial charge in [0.1, 0.15) is 29.6 Å². The minimum Gasteiger partial charge on any atom is -0.493 e. The van der Waals surface area contributed by atoms with Gasteiger partial charge in [-0.15, -0.1) is 0 Å². The smallest absolute Gasteiger partial charge is 0.416 e. The van der Waals surface area contributed by atoms with Crippen molar-refractivity contribution in [2.75, 3.05) is 13.2 Å². The third-order valence-electron chi connectivity index (χ3n) is 5.40. The Labute approximate surface area is 212 Å². The Balaban J connectivity index is 1.32. The first-order valence-corrected chi connectivity index (χ1v) is 11.5. The number of hydrogen-bond donors (Lipinski definition) is 1. The number of carbonyl (C=O) groups is 2. The highest BCUT2D eigenvalue weighted by Gasteiger charge is 2.20. The summed E-state index contributed by atoms with van der Waals surface area (Å²) in [6.07, 6.45) is -0.339. The predicted molar refractivity (Wildman–Crippen MR) is 133 cm³/mol. The fourth-order valence-electron chi connectivity index (χ4n) is 3.59. The zero-order valence-electron chi connectivity index (χ0n) is 20.1. The van der Waals surface area contributed by atoms with Crippen molar-refractivity contribution in [1.29, 1.82) is 0 Å². The molecule has 1 N–H and O–H groups in total. The molecule has 0 atom stereocenters. The predicted octanol–water partition coefficient (Wildman–Crippen LogP) is 5.50. The Hall–Kier alpha value is -4.66. The van der Waals surface area contributed by atoms with Gasteiger partial charge in [0.15, 0.2) is 0 Å². The molecular formula is C28H25FN2O6. The molecule has 0 bridgehead atoms.